The van der Waals surface area contributed by atoms with E-state index in [4.69, 9.17) is 4.74 Å². The second kappa shape index (κ2) is 9.55. The van der Waals surface area contributed by atoms with Crippen molar-refractivity contribution in [3.8, 4) is 0 Å². The molecule has 1 aliphatic heterocycles. The first kappa shape index (κ1) is 24.5. The van der Waals surface area contributed by atoms with Gasteiger partial charge in [-0.1, -0.05) is 11.3 Å². The van der Waals surface area contributed by atoms with Crippen molar-refractivity contribution in [2.75, 3.05) is 17.8 Å². The first-order valence-electron chi connectivity index (χ1n) is 10.6. The number of anilines is 1. The number of thiazole rings is 1. The Labute approximate surface area is 204 Å². The molecule has 3 aromatic rings. The summed E-state index contributed by atoms with van der Waals surface area (Å²) in [5, 5.41) is 0. The van der Waals surface area contributed by atoms with Crippen molar-refractivity contribution in [3.05, 3.63) is 52.8 Å². The lowest BCUT2D eigenvalue weighted by Crippen LogP contribution is -2.28. The van der Waals surface area contributed by atoms with E-state index in [-0.39, 0.29) is 53.1 Å². The quantitative estimate of drug-likeness (QED) is 0.363. The van der Waals surface area contributed by atoms with Gasteiger partial charge in [0.1, 0.15) is 6.54 Å². The van der Waals surface area contributed by atoms with Crippen LogP contribution in [0.15, 0.2) is 52.4 Å². The summed E-state index contributed by atoms with van der Waals surface area (Å²) < 4.78 is 31.0. The van der Waals surface area contributed by atoms with Gasteiger partial charge in [-0.3, -0.25) is 24.1 Å². The van der Waals surface area contributed by atoms with Crippen LogP contribution in [-0.4, -0.2) is 49.5 Å². The number of rotatable bonds is 6. The molecule has 10 nitrogen and oxygen atoms in total. The van der Waals surface area contributed by atoms with Gasteiger partial charge < -0.3 is 9.30 Å². The van der Waals surface area contributed by atoms with E-state index in [9.17, 15) is 27.6 Å². The largest absolute Gasteiger partial charge is 0.465 e. The van der Waals surface area contributed by atoms with Gasteiger partial charge >= 0.3 is 5.97 Å². The number of sulfone groups is 1. The van der Waals surface area contributed by atoms with E-state index < -0.39 is 21.7 Å². The minimum atomic E-state index is -3.46. The Balaban J connectivity index is 1.74. The number of aromatic nitrogens is 1. The molecule has 2 heterocycles. The predicted molar refractivity (Wildman–Crippen MR) is 128 cm³/mol. The summed E-state index contributed by atoms with van der Waals surface area (Å²) in [7, 11) is -3.46. The minimum Gasteiger partial charge on any atom is -0.465 e. The minimum absolute atomic E-state index is 0.106. The van der Waals surface area contributed by atoms with E-state index in [1.54, 1.807) is 13.0 Å². The molecule has 0 spiro atoms. The molecule has 2 aromatic carbocycles. The van der Waals surface area contributed by atoms with Crippen LogP contribution in [0, 0.1) is 0 Å². The Morgan fingerprint density at radius 3 is 2.31 bits per heavy atom. The van der Waals surface area contributed by atoms with E-state index in [1.165, 1.54) is 41.0 Å². The van der Waals surface area contributed by atoms with Gasteiger partial charge in [0.25, 0.3) is 5.91 Å². The van der Waals surface area contributed by atoms with Crippen LogP contribution >= 0.6 is 11.3 Å². The third-order valence-corrected chi connectivity index (χ3v) is 7.45. The van der Waals surface area contributed by atoms with Crippen molar-refractivity contribution in [1.82, 2.24) is 4.57 Å². The summed E-state index contributed by atoms with van der Waals surface area (Å²) in [4.78, 5) is 54.5. The molecule has 35 heavy (non-hydrogen) atoms. The average Bonchev–Trinajstić information content (AvgIpc) is 3.31. The lowest BCUT2D eigenvalue weighted by molar-refractivity contribution is -0.143. The number of benzene rings is 2. The summed E-state index contributed by atoms with van der Waals surface area (Å²) >= 11 is 1.07. The molecule has 3 amide bonds. The van der Waals surface area contributed by atoms with Gasteiger partial charge in [0.05, 0.1) is 27.4 Å². The molecule has 0 saturated carbocycles. The highest BCUT2D eigenvalue weighted by Crippen LogP contribution is 2.24. The highest BCUT2D eigenvalue weighted by molar-refractivity contribution is 7.90. The Bertz CT molecular complexity index is 1520. The Hall–Kier alpha value is -3.64. The number of imide groups is 1. The zero-order valence-corrected chi connectivity index (χ0v) is 20.5. The number of amides is 3. The van der Waals surface area contributed by atoms with Gasteiger partial charge in [-0.2, -0.15) is 4.99 Å². The third kappa shape index (κ3) is 5.08. The monoisotopic (exact) mass is 515 g/mol. The third-order valence-electron chi connectivity index (χ3n) is 5.30. The number of carbonyl (C=O) groups excluding carboxylic acids is 4. The highest BCUT2D eigenvalue weighted by Gasteiger charge is 2.30. The molecule has 0 atom stereocenters. The summed E-state index contributed by atoms with van der Waals surface area (Å²) in [6, 6.07) is 10.4. The maximum absolute atomic E-state index is 12.9. The number of esters is 1. The molecule has 1 aromatic heterocycles. The number of ether oxygens (including phenoxy) is 1. The SMILES string of the molecule is CCOC(=O)Cn1c(=NC(=O)c2ccc(N3C(=O)CCC3=O)cc2)sc2cc(S(C)(=O)=O)ccc21. The summed E-state index contributed by atoms with van der Waals surface area (Å²) in [5.41, 5.74) is 1.12. The van der Waals surface area contributed by atoms with Crippen LogP contribution < -0.4 is 9.70 Å². The topological polar surface area (TPSA) is 132 Å². The van der Waals surface area contributed by atoms with Gasteiger partial charge in [-0.05, 0) is 49.4 Å². The van der Waals surface area contributed by atoms with Crippen molar-refractivity contribution in [2.24, 2.45) is 4.99 Å². The smallest absolute Gasteiger partial charge is 0.326 e. The number of hydrogen-bond donors (Lipinski definition) is 0. The molecule has 1 aliphatic rings. The molecule has 4 rings (SSSR count). The van der Waals surface area contributed by atoms with E-state index >= 15 is 0 Å². The number of hydrogen-bond acceptors (Lipinski definition) is 8. The number of nitrogens with zero attached hydrogens (tertiary/aromatic N) is 3. The number of fused-ring (bicyclic) bond motifs is 1. The standard InChI is InChI=1S/C23H21N3O7S2/c1-3-33-21(29)13-25-17-9-8-16(35(2,31)32)12-18(17)34-23(25)24-22(30)14-4-6-15(7-5-14)26-19(27)10-11-20(26)28/h4-9,12H,3,10-11,13H2,1-2H3. The Kier molecular flexibility index (Phi) is 6.68. The predicted octanol–water partition coefficient (Wildman–Crippen LogP) is 2.06. The van der Waals surface area contributed by atoms with Crippen molar-refractivity contribution < 1.29 is 32.3 Å². The molecule has 0 aliphatic carbocycles. The Morgan fingerprint density at radius 1 is 1.06 bits per heavy atom. The summed E-state index contributed by atoms with van der Waals surface area (Å²) in [5.74, 6) is -1.73. The van der Waals surface area contributed by atoms with Crippen LogP contribution in [0.25, 0.3) is 10.2 Å². The fourth-order valence-electron chi connectivity index (χ4n) is 3.63. The molecular weight excluding hydrogens is 494 g/mol. The van der Waals surface area contributed by atoms with E-state index in [2.05, 4.69) is 4.99 Å². The first-order chi connectivity index (χ1) is 16.6. The average molecular weight is 516 g/mol. The second-order valence-electron chi connectivity index (χ2n) is 7.76. The van der Waals surface area contributed by atoms with Crippen LogP contribution in [0.3, 0.4) is 0 Å². The number of carbonyl (C=O) groups is 4. The molecule has 182 valence electrons. The second-order valence-corrected chi connectivity index (χ2v) is 10.8. The van der Waals surface area contributed by atoms with Crippen LogP contribution in [0.1, 0.15) is 30.1 Å². The molecule has 0 bridgehead atoms. The van der Waals surface area contributed by atoms with Crippen molar-refractivity contribution in [2.45, 2.75) is 31.2 Å². The van der Waals surface area contributed by atoms with Crippen molar-refractivity contribution in [3.63, 3.8) is 0 Å². The van der Waals surface area contributed by atoms with Gasteiger partial charge in [0.15, 0.2) is 14.6 Å². The zero-order valence-electron chi connectivity index (χ0n) is 18.9. The van der Waals surface area contributed by atoms with Crippen molar-refractivity contribution in [1.29, 1.82) is 0 Å². The van der Waals surface area contributed by atoms with Gasteiger partial charge in [0, 0.05) is 24.7 Å². The van der Waals surface area contributed by atoms with E-state index in [0.29, 0.717) is 15.9 Å². The first-order valence-corrected chi connectivity index (χ1v) is 13.3. The molecule has 1 saturated heterocycles. The van der Waals surface area contributed by atoms with Crippen LogP contribution in [-0.2, 0) is 35.5 Å². The van der Waals surface area contributed by atoms with Crippen LogP contribution in [0.4, 0.5) is 5.69 Å². The lowest BCUT2D eigenvalue weighted by atomic mass is 10.2. The molecule has 0 unspecified atom stereocenters. The van der Waals surface area contributed by atoms with Crippen LogP contribution in [0.5, 0.6) is 0 Å². The van der Waals surface area contributed by atoms with Crippen LogP contribution in [0.2, 0.25) is 0 Å². The molecule has 12 heteroatoms. The Morgan fingerprint density at radius 2 is 1.71 bits per heavy atom. The van der Waals surface area contributed by atoms with E-state index in [1.807, 2.05) is 0 Å². The molecule has 0 radical (unpaired) electrons. The molecular formula is C23H21N3O7S2. The van der Waals surface area contributed by atoms with Gasteiger partial charge in [-0.15, -0.1) is 0 Å². The molecule has 1 fully saturated rings. The molecule has 0 N–H and O–H groups in total. The summed E-state index contributed by atoms with van der Waals surface area (Å²) in [6.45, 7) is 1.64. The maximum Gasteiger partial charge on any atom is 0.326 e. The maximum atomic E-state index is 12.9. The highest BCUT2D eigenvalue weighted by atomic mass is 32.2. The normalized spacial score (nSPS) is 14.7. The van der Waals surface area contributed by atoms with Crippen molar-refractivity contribution >= 4 is 60.8 Å². The van der Waals surface area contributed by atoms with Gasteiger partial charge in [-0.25, -0.2) is 8.42 Å². The zero-order chi connectivity index (χ0) is 25.3. The van der Waals surface area contributed by atoms with E-state index in [0.717, 1.165) is 22.5 Å². The summed E-state index contributed by atoms with van der Waals surface area (Å²) in [6.07, 6.45) is 1.40. The van der Waals surface area contributed by atoms with Gasteiger partial charge in [0.2, 0.25) is 11.8 Å². The fraction of sp³-hybridized carbons (Fsp3) is 0.261. The lowest BCUT2D eigenvalue weighted by Gasteiger charge is -2.13. The fourth-order valence-corrected chi connectivity index (χ4v) is 5.42.